The van der Waals surface area contributed by atoms with Crippen LogP contribution in [0.3, 0.4) is 0 Å². The van der Waals surface area contributed by atoms with E-state index in [2.05, 4.69) is 31.7 Å². The Morgan fingerprint density at radius 1 is 0.447 bits per heavy atom. The van der Waals surface area contributed by atoms with Gasteiger partial charge in [-0.2, -0.15) is 5.48 Å². The first-order chi connectivity index (χ1) is 67.9. The molecule has 0 spiro atoms. The second-order valence-corrected chi connectivity index (χ2v) is 39.4. The molecule has 1 aromatic heterocycles. The van der Waals surface area contributed by atoms with Gasteiger partial charge in [-0.1, -0.05) is 96.0 Å². The number of hydroxylamine groups is 1. The number of anilines is 4. The van der Waals surface area contributed by atoms with Crippen LogP contribution in [0, 0.1) is 29.6 Å². The highest BCUT2D eigenvalue weighted by atomic mass is 35.5. The van der Waals surface area contributed by atoms with E-state index in [0.29, 0.717) is 177 Å². The molecule has 5 heterocycles. The van der Waals surface area contributed by atoms with Gasteiger partial charge in [0.2, 0.25) is 23.6 Å². The molecule has 5 aliphatic carbocycles. The molecular weight excluding hydrogens is 1860 g/mol. The van der Waals surface area contributed by atoms with Crippen molar-refractivity contribution >= 4 is 116 Å². The van der Waals surface area contributed by atoms with Crippen LogP contribution in [-0.2, 0) is 88.3 Å². The Morgan fingerprint density at radius 3 is 1.12 bits per heavy atom. The van der Waals surface area contributed by atoms with Crippen LogP contribution >= 0.6 is 23.2 Å². The number of hydrogen-bond acceptors (Lipinski definition) is 22. The van der Waals surface area contributed by atoms with E-state index in [1.807, 2.05) is 128 Å². The van der Waals surface area contributed by atoms with E-state index in [4.69, 9.17) is 65.9 Å². The molecule has 8 aromatic carbocycles. The number of halogens is 2. The lowest BCUT2D eigenvalue weighted by Crippen LogP contribution is -2.35. The van der Waals surface area contributed by atoms with Gasteiger partial charge in [-0.25, -0.2) is 4.79 Å². The highest BCUT2D eigenvalue weighted by molar-refractivity contribution is 7.84. The SMILES string of the molecule is CCOc1cc([C@@H](CC(C)(C)O)N2Cc3cccc(NC(=O)C4CC4)c3C2=O)ccc1OC.CCOc1cc([C@H](CC(=O)NOC(=O)C2CC2)N2Cc3cccc(NC(=O)C4CC4)c3C2=O)ccc1OC.CCOc1cc([C@H](CCS(C)=O)N2Cc3cccc(NC(=O)C4CC4)c3C2=O)ccc1OC.COCc1cc(C(Cc2c(Cl)cncc2Cl)N2Cc3cccc(NC(=O)C4CC4)c3C2=O)ccc1OC. The van der Waals surface area contributed by atoms with Gasteiger partial charge >= 0.3 is 5.97 Å². The summed E-state index contributed by atoms with van der Waals surface area (Å²) in [5.74, 6) is 2.67. The highest BCUT2D eigenvalue weighted by Crippen LogP contribution is 2.48. The fraction of sp³-hybridized carbons (Fsp3) is 0.411. The zero-order valence-electron chi connectivity index (χ0n) is 81.0. The zero-order valence-corrected chi connectivity index (χ0v) is 83.3. The second kappa shape index (κ2) is 45.6. The molecule has 6 N–H and O–H groups in total. The van der Waals surface area contributed by atoms with Crippen LogP contribution in [0.15, 0.2) is 158 Å². The smallest absolute Gasteiger partial charge is 0.335 e. The summed E-state index contributed by atoms with van der Waals surface area (Å²) in [6, 6.07) is 42.7. The first-order valence-electron chi connectivity index (χ1n) is 47.8. The minimum Gasteiger partial charge on any atom is -0.496 e. The molecule has 0 saturated heterocycles. The molecular formula is C107H120Cl2N10O21S. The van der Waals surface area contributed by atoms with Crippen LogP contribution in [0.2, 0.25) is 10.0 Å². The van der Waals surface area contributed by atoms with E-state index in [-0.39, 0.29) is 102 Å². The summed E-state index contributed by atoms with van der Waals surface area (Å²) in [5.41, 5.74) is 13.7. The number of nitrogens with one attached hydrogen (secondary N) is 5. The van der Waals surface area contributed by atoms with E-state index in [0.717, 1.165) is 109 Å². The van der Waals surface area contributed by atoms with Gasteiger partial charge in [0.1, 0.15) is 5.75 Å². The lowest BCUT2D eigenvalue weighted by molar-refractivity contribution is -0.159. The third-order valence-corrected chi connectivity index (χ3v) is 27.5. The Hall–Kier alpha value is -13.1. The molecule has 2 unspecified atom stereocenters. The van der Waals surface area contributed by atoms with E-state index >= 15 is 0 Å². The van der Waals surface area contributed by atoms with Gasteiger partial charge in [-0.15, -0.1) is 0 Å². The summed E-state index contributed by atoms with van der Waals surface area (Å²) >= 11 is 13.0. The minimum absolute atomic E-state index is 0.00968. The number of benzene rings is 8. The van der Waals surface area contributed by atoms with Gasteiger partial charge in [0, 0.05) is 111 Å². The third-order valence-electron chi connectivity index (χ3n) is 26.1. The van der Waals surface area contributed by atoms with Crippen molar-refractivity contribution in [2.45, 2.75) is 187 Å². The zero-order chi connectivity index (χ0) is 100. The van der Waals surface area contributed by atoms with Crippen LogP contribution in [-0.4, -0.2) is 166 Å². The number of pyridine rings is 1. The Balaban J connectivity index is 0.000000142. The lowest BCUT2D eigenvalue weighted by Gasteiger charge is -2.33. The third kappa shape index (κ3) is 24.7. The average molecular weight is 1990 g/mol. The molecule has 744 valence electrons. The molecule has 0 bridgehead atoms. The number of ether oxygens (including phenoxy) is 8. The highest BCUT2D eigenvalue weighted by Gasteiger charge is 2.45. The van der Waals surface area contributed by atoms with Crippen LogP contribution in [0.5, 0.6) is 40.2 Å². The molecule has 4 aliphatic heterocycles. The second-order valence-electron chi connectivity index (χ2n) is 37.0. The maximum Gasteiger partial charge on any atom is 0.335 e. The molecule has 141 heavy (non-hydrogen) atoms. The number of amides is 9. The van der Waals surface area contributed by atoms with Gasteiger partial charge in [-0.3, -0.25) is 52.3 Å². The summed E-state index contributed by atoms with van der Waals surface area (Å²) in [4.78, 5) is 146. The maximum atomic E-state index is 13.9. The van der Waals surface area contributed by atoms with E-state index in [9.17, 15) is 57.3 Å². The fourth-order valence-corrected chi connectivity index (χ4v) is 19.2. The number of aliphatic hydroxyl groups is 1. The Bertz CT molecular complexity index is 6230. The van der Waals surface area contributed by atoms with Gasteiger partial charge in [0.15, 0.2) is 34.5 Å². The van der Waals surface area contributed by atoms with Gasteiger partial charge < -0.3 is 88.7 Å². The van der Waals surface area contributed by atoms with Crippen molar-refractivity contribution in [1.82, 2.24) is 30.1 Å². The summed E-state index contributed by atoms with van der Waals surface area (Å²) in [6.07, 6.45) is 14.5. The van der Waals surface area contributed by atoms with Crippen LogP contribution in [0.25, 0.3) is 0 Å². The predicted molar refractivity (Wildman–Crippen MR) is 532 cm³/mol. The Labute approximate surface area is 832 Å². The molecule has 5 fully saturated rings. The maximum absolute atomic E-state index is 13.9. The molecule has 18 rings (SSSR count). The molecule has 31 nitrogen and oxygen atoms in total. The van der Waals surface area contributed by atoms with Crippen molar-refractivity contribution in [2.75, 3.05) is 88.6 Å². The Morgan fingerprint density at radius 2 is 0.780 bits per heavy atom. The van der Waals surface area contributed by atoms with Crippen molar-refractivity contribution in [2.24, 2.45) is 29.6 Å². The monoisotopic (exact) mass is 1980 g/mol. The molecule has 9 aromatic rings. The topological polar surface area (TPSA) is 377 Å². The largest absolute Gasteiger partial charge is 0.496 e. The summed E-state index contributed by atoms with van der Waals surface area (Å²) in [6.45, 7) is 12.3. The number of nitrogens with zero attached hydrogens (tertiary/aromatic N) is 5. The number of fused-ring (bicyclic) bond motifs is 4. The summed E-state index contributed by atoms with van der Waals surface area (Å²) in [7, 11) is 6.95. The van der Waals surface area contributed by atoms with Crippen molar-refractivity contribution < 1.29 is 100.0 Å². The first kappa shape index (κ1) is 102. The van der Waals surface area contributed by atoms with Crippen LogP contribution in [0.1, 0.15) is 239 Å². The first-order valence-corrected chi connectivity index (χ1v) is 50.2. The van der Waals surface area contributed by atoms with Crippen LogP contribution in [0.4, 0.5) is 22.7 Å². The lowest BCUT2D eigenvalue weighted by atomic mass is 9.92. The molecule has 9 amide bonds. The summed E-state index contributed by atoms with van der Waals surface area (Å²) < 4.78 is 56.3. The number of carbonyl (C=O) groups excluding carboxylic acids is 10. The van der Waals surface area contributed by atoms with Crippen molar-refractivity contribution in [3.8, 4) is 40.2 Å². The number of methoxy groups -OCH3 is 5. The Kier molecular flexibility index (Phi) is 33.1. The normalized spacial score (nSPS) is 16.4. The standard InChI is InChI=1S/C28H27Cl2N3O4.C28H31N3O7.C26H32N2O5.C25H30N2O5S/c1-36-15-19-10-17(8-9-25(19)37-2)24(11-20-21(29)12-31-13-22(20)30)33-14-18-4-3-5-23(26(18)28(33)35)32-27(34)16-6-7-16;1-3-37-23-13-18(11-12-22(23)36-2)21(14-24(32)30-38-28(35)17-9-10-17)31-15-19-5-4-6-20(25(19)27(31)34)29-26(33)16-7-8-16;1-5-33-22-13-17(11-12-21(22)32-4)20(14-26(2,3)31)28-15-18-7-6-8-19(23(18)25(28)30)27-24(29)16-9-10-16;1-4-32-22-14-17(10-11-21(22)31-2)20(12-13-33(3)30)27-15-18-6-5-7-19(23(18)25(27)29)26-24(28)16-8-9-16/h3-5,8-10,12-13,16,24H,6-7,11,14-15H2,1-2H3,(H,32,34);4-6,11-13,16-17,21H,3,7-10,14-15H2,1-2H3,(H,29,33)(H,30,32);6-8,11-13,16,20,31H,5,9-10,14-15H2,1-4H3,(H,27,29);5-7,10-11,14,16,20H,4,8-9,12-13,15H2,1-3H3,(H,26,28)/t;21-;20-;20-,33?/m.010/s1. The van der Waals surface area contributed by atoms with E-state index < -0.39 is 40.4 Å². The van der Waals surface area contributed by atoms with E-state index in [1.165, 1.54) is 7.11 Å². The molecule has 9 aliphatic rings. The molecule has 34 heteroatoms. The number of aromatic nitrogens is 1. The number of rotatable bonds is 38. The van der Waals surface area contributed by atoms with E-state index in [1.54, 1.807) is 119 Å². The van der Waals surface area contributed by atoms with Gasteiger partial charge in [-0.05, 0) is 228 Å². The fourth-order valence-electron chi connectivity index (χ4n) is 18.1. The van der Waals surface area contributed by atoms with Crippen molar-refractivity contribution in [1.29, 1.82) is 0 Å². The van der Waals surface area contributed by atoms with Crippen molar-refractivity contribution in [3.63, 3.8) is 0 Å². The molecule has 5 atom stereocenters. The molecule has 5 saturated carbocycles. The number of hydrogen-bond donors (Lipinski definition) is 6. The van der Waals surface area contributed by atoms with Crippen molar-refractivity contribution in [3.05, 3.63) is 246 Å². The van der Waals surface area contributed by atoms with Crippen LogP contribution < -0.4 is 59.9 Å². The quantitative estimate of drug-likeness (QED) is 0.0196. The number of carbonyl (C=O) groups is 10. The van der Waals surface area contributed by atoms with Gasteiger partial charge in [0.05, 0.1) is 152 Å². The van der Waals surface area contributed by atoms with Gasteiger partial charge in [0.25, 0.3) is 29.5 Å². The molecule has 0 radical (unpaired) electrons. The predicted octanol–water partition coefficient (Wildman–Crippen LogP) is 17.6. The summed E-state index contributed by atoms with van der Waals surface area (Å²) in [5, 5.41) is 23.3. The minimum atomic E-state index is -1.01. The average Bonchev–Trinajstić information content (AvgIpc) is 1.63.